The molecular formula is C16H17NO3. The van der Waals surface area contributed by atoms with E-state index in [1.54, 1.807) is 25.3 Å². The fraction of sp³-hybridized carbons (Fsp3) is 0.250. The van der Waals surface area contributed by atoms with Crippen molar-refractivity contribution < 1.29 is 14.3 Å². The Balaban J connectivity index is 2.14. The molecule has 2 aromatic rings. The lowest BCUT2D eigenvalue weighted by atomic mass is 10.2. The molecule has 1 aromatic heterocycles. The number of ether oxygens (including phenoxy) is 2. The maximum absolute atomic E-state index is 10.8. The lowest BCUT2D eigenvalue weighted by Crippen LogP contribution is -2.02. The minimum Gasteiger partial charge on any atom is -0.493 e. The van der Waals surface area contributed by atoms with Crippen molar-refractivity contribution in [3.8, 4) is 11.5 Å². The number of aldehydes is 1. The molecule has 0 aliphatic carbocycles. The van der Waals surface area contributed by atoms with Gasteiger partial charge in [0.25, 0.3) is 0 Å². The molecule has 0 fully saturated rings. The predicted molar refractivity (Wildman–Crippen MR) is 76.3 cm³/mol. The van der Waals surface area contributed by atoms with Crippen LogP contribution in [0.25, 0.3) is 0 Å². The number of aromatic nitrogens is 1. The number of hydrogen-bond donors (Lipinski definition) is 0. The first-order valence-corrected chi connectivity index (χ1v) is 6.47. The van der Waals surface area contributed by atoms with Gasteiger partial charge in [0.15, 0.2) is 11.5 Å². The van der Waals surface area contributed by atoms with E-state index in [1.165, 1.54) is 0 Å². The van der Waals surface area contributed by atoms with Gasteiger partial charge in [-0.05, 0) is 36.8 Å². The molecule has 0 aliphatic heterocycles. The van der Waals surface area contributed by atoms with Crippen LogP contribution in [-0.4, -0.2) is 18.4 Å². The molecule has 0 atom stereocenters. The average Bonchev–Trinajstić information content (AvgIpc) is 2.52. The number of rotatable bonds is 6. The summed E-state index contributed by atoms with van der Waals surface area (Å²) < 4.78 is 10.9. The number of aryl methyl sites for hydroxylation is 1. The van der Waals surface area contributed by atoms with Gasteiger partial charge in [0.05, 0.1) is 12.8 Å². The highest BCUT2D eigenvalue weighted by Crippen LogP contribution is 2.28. The minimum atomic E-state index is 0.340. The summed E-state index contributed by atoms with van der Waals surface area (Å²) in [6.07, 6.45) is 1.67. The fourth-order valence-electron chi connectivity index (χ4n) is 1.84. The molecule has 104 valence electrons. The SMILES string of the molecule is CCc1cccc(COc2cc(C=O)ccc2OC)n1. The number of nitrogens with zero attached hydrogens (tertiary/aromatic N) is 1. The maximum Gasteiger partial charge on any atom is 0.162 e. The molecule has 1 heterocycles. The molecule has 0 spiro atoms. The molecule has 0 saturated carbocycles. The van der Waals surface area contributed by atoms with Crippen LogP contribution in [0.3, 0.4) is 0 Å². The topological polar surface area (TPSA) is 48.4 Å². The first-order valence-electron chi connectivity index (χ1n) is 6.47. The van der Waals surface area contributed by atoms with Gasteiger partial charge < -0.3 is 9.47 Å². The molecule has 0 aliphatic rings. The Morgan fingerprint density at radius 1 is 1.15 bits per heavy atom. The molecule has 4 heteroatoms. The summed E-state index contributed by atoms with van der Waals surface area (Å²) in [6.45, 7) is 2.40. The summed E-state index contributed by atoms with van der Waals surface area (Å²) in [5, 5.41) is 0. The number of carbonyl (C=O) groups is 1. The molecule has 0 N–H and O–H groups in total. The Kier molecular flexibility index (Phi) is 4.71. The largest absolute Gasteiger partial charge is 0.493 e. The standard InChI is InChI=1S/C16H17NO3/c1-3-13-5-4-6-14(17-13)11-20-16-9-12(10-18)7-8-15(16)19-2/h4-10H,3,11H2,1-2H3. The van der Waals surface area contributed by atoms with Crippen LogP contribution in [0.5, 0.6) is 11.5 Å². The lowest BCUT2D eigenvalue weighted by Gasteiger charge is -2.11. The molecule has 0 saturated heterocycles. The van der Waals surface area contributed by atoms with Crippen molar-refractivity contribution >= 4 is 6.29 Å². The van der Waals surface area contributed by atoms with Gasteiger partial charge in [0, 0.05) is 11.3 Å². The van der Waals surface area contributed by atoms with Crippen molar-refractivity contribution in [2.24, 2.45) is 0 Å². The summed E-state index contributed by atoms with van der Waals surface area (Å²) >= 11 is 0. The Hall–Kier alpha value is -2.36. The quantitative estimate of drug-likeness (QED) is 0.758. The Labute approximate surface area is 118 Å². The van der Waals surface area contributed by atoms with E-state index < -0.39 is 0 Å². The van der Waals surface area contributed by atoms with Gasteiger partial charge in [-0.15, -0.1) is 0 Å². The zero-order valence-corrected chi connectivity index (χ0v) is 11.6. The molecule has 2 rings (SSSR count). The van der Waals surface area contributed by atoms with E-state index in [1.807, 2.05) is 18.2 Å². The number of methoxy groups -OCH3 is 1. The summed E-state index contributed by atoms with van der Waals surface area (Å²) in [6, 6.07) is 10.9. The Bertz CT molecular complexity index is 596. The summed E-state index contributed by atoms with van der Waals surface area (Å²) in [4.78, 5) is 15.3. The average molecular weight is 271 g/mol. The second kappa shape index (κ2) is 6.70. The van der Waals surface area contributed by atoms with Gasteiger partial charge in [-0.2, -0.15) is 0 Å². The van der Waals surface area contributed by atoms with Crippen molar-refractivity contribution in [1.82, 2.24) is 4.98 Å². The number of pyridine rings is 1. The first kappa shape index (κ1) is 14.1. The highest BCUT2D eigenvalue weighted by atomic mass is 16.5. The molecule has 4 nitrogen and oxygen atoms in total. The van der Waals surface area contributed by atoms with Gasteiger partial charge in [-0.3, -0.25) is 9.78 Å². The van der Waals surface area contributed by atoms with Gasteiger partial charge >= 0.3 is 0 Å². The second-order valence-electron chi connectivity index (χ2n) is 4.29. The van der Waals surface area contributed by atoms with E-state index in [2.05, 4.69) is 11.9 Å². The van der Waals surface area contributed by atoms with Crippen molar-refractivity contribution in [1.29, 1.82) is 0 Å². The van der Waals surface area contributed by atoms with Crippen molar-refractivity contribution in [3.63, 3.8) is 0 Å². The van der Waals surface area contributed by atoms with Crippen LogP contribution < -0.4 is 9.47 Å². The van der Waals surface area contributed by atoms with Gasteiger partial charge in [0.2, 0.25) is 0 Å². The predicted octanol–water partition coefficient (Wildman–Crippen LogP) is 3.04. The van der Waals surface area contributed by atoms with E-state index in [0.717, 1.165) is 24.1 Å². The monoisotopic (exact) mass is 271 g/mol. The highest BCUT2D eigenvalue weighted by molar-refractivity contribution is 5.76. The van der Waals surface area contributed by atoms with Crippen LogP contribution in [0.15, 0.2) is 36.4 Å². The third kappa shape index (κ3) is 3.35. The van der Waals surface area contributed by atoms with Crippen molar-refractivity contribution in [2.75, 3.05) is 7.11 Å². The molecular weight excluding hydrogens is 254 g/mol. The molecule has 0 unspecified atom stereocenters. The van der Waals surface area contributed by atoms with Crippen LogP contribution in [-0.2, 0) is 13.0 Å². The van der Waals surface area contributed by atoms with Crippen LogP contribution in [0.4, 0.5) is 0 Å². The van der Waals surface area contributed by atoms with Crippen LogP contribution in [0.1, 0.15) is 28.7 Å². The molecule has 0 amide bonds. The van der Waals surface area contributed by atoms with E-state index in [0.29, 0.717) is 23.7 Å². The molecule has 20 heavy (non-hydrogen) atoms. The zero-order valence-electron chi connectivity index (χ0n) is 11.6. The van der Waals surface area contributed by atoms with E-state index in [4.69, 9.17) is 9.47 Å². The number of benzene rings is 1. The van der Waals surface area contributed by atoms with Crippen LogP contribution >= 0.6 is 0 Å². The fourth-order valence-corrected chi connectivity index (χ4v) is 1.84. The summed E-state index contributed by atoms with van der Waals surface area (Å²) in [5.74, 6) is 1.14. The normalized spacial score (nSPS) is 10.1. The minimum absolute atomic E-state index is 0.340. The molecule has 0 radical (unpaired) electrons. The van der Waals surface area contributed by atoms with Crippen LogP contribution in [0.2, 0.25) is 0 Å². The Morgan fingerprint density at radius 2 is 1.95 bits per heavy atom. The molecule has 0 bridgehead atoms. The van der Waals surface area contributed by atoms with Crippen LogP contribution in [0, 0.1) is 0 Å². The lowest BCUT2D eigenvalue weighted by molar-refractivity contribution is 0.112. The van der Waals surface area contributed by atoms with Gasteiger partial charge in [0.1, 0.15) is 12.9 Å². The third-order valence-corrected chi connectivity index (χ3v) is 2.93. The van der Waals surface area contributed by atoms with Gasteiger partial charge in [-0.25, -0.2) is 0 Å². The van der Waals surface area contributed by atoms with E-state index in [9.17, 15) is 4.79 Å². The number of carbonyl (C=O) groups excluding carboxylic acids is 1. The third-order valence-electron chi connectivity index (χ3n) is 2.93. The number of hydrogen-bond acceptors (Lipinski definition) is 4. The summed E-state index contributed by atoms with van der Waals surface area (Å²) in [5.41, 5.74) is 2.43. The van der Waals surface area contributed by atoms with Gasteiger partial charge in [-0.1, -0.05) is 13.0 Å². The molecule has 1 aromatic carbocycles. The summed E-state index contributed by atoms with van der Waals surface area (Å²) in [7, 11) is 1.57. The maximum atomic E-state index is 10.8. The van der Waals surface area contributed by atoms with Crippen molar-refractivity contribution in [2.45, 2.75) is 20.0 Å². The zero-order chi connectivity index (χ0) is 14.4. The van der Waals surface area contributed by atoms with Crippen molar-refractivity contribution in [3.05, 3.63) is 53.3 Å². The first-order chi connectivity index (χ1) is 9.76. The Morgan fingerprint density at radius 3 is 2.65 bits per heavy atom. The highest BCUT2D eigenvalue weighted by Gasteiger charge is 2.06. The van der Waals surface area contributed by atoms with E-state index in [-0.39, 0.29) is 0 Å². The second-order valence-corrected chi connectivity index (χ2v) is 4.29. The smallest absolute Gasteiger partial charge is 0.162 e. The van der Waals surface area contributed by atoms with E-state index >= 15 is 0 Å².